The first-order valence-corrected chi connectivity index (χ1v) is 14.3. The normalized spacial score (nSPS) is 20.9. The number of urea groups is 1. The molecule has 2 aliphatic rings. The molecule has 2 aliphatic heterocycles. The van der Waals surface area contributed by atoms with E-state index in [4.69, 9.17) is 21.1 Å². The van der Waals surface area contributed by atoms with Crippen LogP contribution in [0.3, 0.4) is 0 Å². The van der Waals surface area contributed by atoms with Crippen molar-refractivity contribution in [3.8, 4) is 0 Å². The third-order valence-electron chi connectivity index (χ3n) is 7.56. The SMILES string of the molecule is CNN(CCCC1CCCCOC1)C(=O)N1CCCC(C(OCCNC(=O)OC)c2cc(Cl)ccc2C)C1. The van der Waals surface area contributed by atoms with Gasteiger partial charge in [-0.2, -0.15) is 0 Å². The highest BCUT2D eigenvalue weighted by atomic mass is 35.5. The number of hydrogen-bond donors (Lipinski definition) is 2. The van der Waals surface area contributed by atoms with Gasteiger partial charge in [-0.25, -0.2) is 15.0 Å². The van der Waals surface area contributed by atoms with E-state index >= 15 is 0 Å². The lowest BCUT2D eigenvalue weighted by atomic mass is 9.86. The summed E-state index contributed by atoms with van der Waals surface area (Å²) in [6.07, 6.45) is 6.69. The molecule has 2 fully saturated rings. The number of piperidine rings is 1. The number of ether oxygens (including phenoxy) is 3. The summed E-state index contributed by atoms with van der Waals surface area (Å²) < 4.78 is 16.7. The van der Waals surface area contributed by atoms with Crippen LogP contribution in [-0.4, -0.2) is 82.2 Å². The molecule has 2 heterocycles. The fourth-order valence-electron chi connectivity index (χ4n) is 5.45. The quantitative estimate of drug-likeness (QED) is 0.299. The molecular formula is C28H45ClN4O5. The van der Waals surface area contributed by atoms with Gasteiger partial charge in [0.05, 0.1) is 19.8 Å². The maximum atomic E-state index is 13.5. The van der Waals surface area contributed by atoms with Crippen LogP contribution in [0, 0.1) is 18.8 Å². The van der Waals surface area contributed by atoms with E-state index < -0.39 is 6.09 Å². The van der Waals surface area contributed by atoms with Gasteiger partial charge in [-0.05, 0) is 74.6 Å². The summed E-state index contributed by atoms with van der Waals surface area (Å²) in [5, 5.41) is 5.05. The highest BCUT2D eigenvalue weighted by Crippen LogP contribution is 2.36. The Kier molecular flexibility index (Phi) is 12.9. The van der Waals surface area contributed by atoms with Crippen LogP contribution in [0.4, 0.5) is 9.59 Å². The van der Waals surface area contributed by atoms with Crippen LogP contribution in [-0.2, 0) is 14.2 Å². The number of carbonyl (C=O) groups is 2. The van der Waals surface area contributed by atoms with Crippen molar-refractivity contribution < 1.29 is 23.8 Å². The number of alkyl carbamates (subject to hydrolysis) is 1. The molecule has 3 unspecified atom stereocenters. The van der Waals surface area contributed by atoms with Gasteiger partial charge < -0.3 is 24.4 Å². The predicted octanol–water partition coefficient (Wildman–Crippen LogP) is 4.93. The van der Waals surface area contributed by atoms with E-state index in [9.17, 15) is 9.59 Å². The zero-order chi connectivity index (χ0) is 27.3. The zero-order valence-corrected chi connectivity index (χ0v) is 23.9. The summed E-state index contributed by atoms with van der Waals surface area (Å²) in [6, 6.07) is 5.82. The van der Waals surface area contributed by atoms with Crippen molar-refractivity contribution in [2.24, 2.45) is 11.8 Å². The van der Waals surface area contributed by atoms with Gasteiger partial charge in [0.15, 0.2) is 0 Å². The number of carbonyl (C=O) groups excluding carboxylic acids is 2. The Balaban J connectivity index is 1.62. The maximum Gasteiger partial charge on any atom is 0.406 e. The molecule has 0 radical (unpaired) electrons. The molecule has 0 saturated carbocycles. The smallest absolute Gasteiger partial charge is 0.406 e. The van der Waals surface area contributed by atoms with Gasteiger partial charge in [0.1, 0.15) is 0 Å². The summed E-state index contributed by atoms with van der Waals surface area (Å²) in [6.45, 7) is 6.38. The van der Waals surface area contributed by atoms with Gasteiger partial charge in [-0.15, -0.1) is 0 Å². The van der Waals surface area contributed by atoms with Crippen molar-refractivity contribution in [3.05, 3.63) is 34.3 Å². The van der Waals surface area contributed by atoms with Gasteiger partial charge in [0, 0.05) is 57.4 Å². The van der Waals surface area contributed by atoms with Crippen molar-refractivity contribution in [1.82, 2.24) is 20.7 Å². The first kappa shape index (κ1) is 30.5. The molecule has 3 amide bonds. The lowest BCUT2D eigenvalue weighted by Crippen LogP contribution is -2.52. The second-order valence-corrected chi connectivity index (χ2v) is 10.7. The first-order chi connectivity index (χ1) is 18.4. The van der Waals surface area contributed by atoms with Crippen molar-refractivity contribution in [2.75, 3.05) is 60.2 Å². The topological polar surface area (TPSA) is 92.4 Å². The van der Waals surface area contributed by atoms with Crippen LogP contribution < -0.4 is 10.7 Å². The predicted molar refractivity (Wildman–Crippen MR) is 148 cm³/mol. The molecule has 2 N–H and O–H groups in total. The molecule has 3 rings (SSSR count). The molecule has 2 saturated heterocycles. The molecule has 9 nitrogen and oxygen atoms in total. The number of amides is 3. The Morgan fingerprint density at radius 2 is 2.11 bits per heavy atom. The molecule has 10 heteroatoms. The van der Waals surface area contributed by atoms with Crippen molar-refractivity contribution in [3.63, 3.8) is 0 Å². The van der Waals surface area contributed by atoms with E-state index in [-0.39, 0.29) is 18.1 Å². The molecule has 0 aliphatic carbocycles. The van der Waals surface area contributed by atoms with Gasteiger partial charge in [0.25, 0.3) is 0 Å². The Morgan fingerprint density at radius 1 is 1.26 bits per heavy atom. The Morgan fingerprint density at radius 3 is 2.89 bits per heavy atom. The fourth-order valence-corrected chi connectivity index (χ4v) is 5.63. The summed E-state index contributed by atoms with van der Waals surface area (Å²) >= 11 is 6.36. The fraction of sp³-hybridized carbons (Fsp3) is 0.714. The van der Waals surface area contributed by atoms with Crippen LogP contribution in [0.1, 0.15) is 62.2 Å². The zero-order valence-electron chi connectivity index (χ0n) is 23.2. The molecule has 0 aromatic heterocycles. The van der Waals surface area contributed by atoms with Crippen LogP contribution >= 0.6 is 11.6 Å². The van der Waals surface area contributed by atoms with E-state index in [1.54, 1.807) is 5.01 Å². The van der Waals surface area contributed by atoms with Gasteiger partial charge in [-0.3, -0.25) is 5.01 Å². The van der Waals surface area contributed by atoms with Crippen LogP contribution in [0.15, 0.2) is 18.2 Å². The molecule has 1 aromatic carbocycles. The number of aryl methyl sites for hydroxylation is 1. The first-order valence-electron chi connectivity index (χ1n) is 13.9. The second-order valence-electron chi connectivity index (χ2n) is 10.3. The lowest BCUT2D eigenvalue weighted by molar-refractivity contribution is -0.0118. The Bertz CT molecular complexity index is 881. The Labute approximate surface area is 232 Å². The summed E-state index contributed by atoms with van der Waals surface area (Å²) in [5.41, 5.74) is 5.22. The van der Waals surface area contributed by atoms with Gasteiger partial charge >= 0.3 is 12.1 Å². The molecular weight excluding hydrogens is 508 g/mol. The average Bonchev–Trinajstić information content (AvgIpc) is 3.21. The van der Waals surface area contributed by atoms with Crippen LogP contribution in [0.25, 0.3) is 0 Å². The van der Waals surface area contributed by atoms with Gasteiger partial charge in [0.2, 0.25) is 0 Å². The molecule has 0 bridgehead atoms. The molecule has 0 spiro atoms. The van der Waals surface area contributed by atoms with Gasteiger partial charge in [-0.1, -0.05) is 24.1 Å². The van der Waals surface area contributed by atoms with Crippen LogP contribution in [0.2, 0.25) is 5.02 Å². The number of benzene rings is 1. The average molecular weight is 553 g/mol. The number of likely N-dealkylation sites (tertiary alicyclic amines) is 1. The number of nitrogens with one attached hydrogen (secondary N) is 2. The van der Waals surface area contributed by atoms with E-state index in [0.29, 0.717) is 37.2 Å². The number of hydrazine groups is 1. The Hall–Kier alpha value is -2.07. The third-order valence-corrected chi connectivity index (χ3v) is 7.79. The monoisotopic (exact) mass is 552 g/mol. The number of rotatable bonds is 11. The molecule has 1 aromatic rings. The lowest BCUT2D eigenvalue weighted by Gasteiger charge is -2.39. The minimum Gasteiger partial charge on any atom is -0.453 e. The number of nitrogens with zero attached hydrogens (tertiary/aromatic N) is 2. The maximum absolute atomic E-state index is 13.5. The standard InChI is InChI=1S/C28H45ClN4O5/c1-21-11-12-24(29)18-25(21)26(38-17-13-31-27(34)36-3)23-10-7-14-32(19-23)28(35)33(30-2)15-6-9-22-8-4-5-16-37-20-22/h11-12,18,22-23,26,30H,4-10,13-17,19-20H2,1-3H3,(H,31,34). The van der Waals surface area contributed by atoms with E-state index in [1.807, 2.05) is 37.1 Å². The summed E-state index contributed by atoms with van der Waals surface area (Å²) in [7, 11) is 3.14. The minimum atomic E-state index is -0.489. The third kappa shape index (κ3) is 9.29. The molecule has 38 heavy (non-hydrogen) atoms. The van der Waals surface area contributed by atoms with E-state index in [2.05, 4.69) is 15.5 Å². The second kappa shape index (κ2) is 16.1. The highest BCUT2D eigenvalue weighted by Gasteiger charge is 2.33. The van der Waals surface area contributed by atoms with E-state index in [1.165, 1.54) is 20.0 Å². The van der Waals surface area contributed by atoms with E-state index in [0.717, 1.165) is 63.0 Å². The van der Waals surface area contributed by atoms with Crippen molar-refractivity contribution >= 4 is 23.7 Å². The largest absolute Gasteiger partial charge is 0.453 e. The summed E-state index contributed by atoms with van der Waals surface area (Å²) in [5.74, 6) is 0.683. The molecule has 3 atom stereocenters. The van der Waals surface area contributed by atoms with Crippen molar-refractivity contribution in [1.29, 1.82) is 0 Å². The number of methoxy groups -OCH3 is 1. The molecule has 214 valence electrons. The summed E-state index contributed by atoms with van der Waals surface area (Å²) in [4.78, 5) is 26.9. The highest BCUT2D eigenvalue weighted by molar-refractivity contribution is 6.30. The minimum absolute atomic E-state index is 0.00300. The van der Waals surface area contributed by atoms with Crippen molar-refractivity contribution in [2.45, 2.75) is 58.0 Å². The number of hydrogen-bond acceptors (Lipinski definition) is 6. The van der Waals surface area contributed by atoms with Crippen LogP contribution in [0.5, 0.6) is 0 Å². The number of halogens is 1.